The van der Waals surface area contributed by atoms with E-state index in [1.54, 1.807) is 0 Å². The molecule has 0 unspecified atom stereocenters. The molecule has 6 aromatic carbocycles. The summed E-state index contributed by atoms with van der Waals surface area (Å²) in [6, 6.07) is -29.2. The van der Waals surface area contributed by atoms with E-state index in [0.29, 0.717) is 13.7 Å². The molecule has 0 amide bonds. The lowest BCUT2D eigenvalue weighted by Crippen LogP contribution is -2.08. The Morgan fingerprint density at radius 1 is 0.386 bits per heavy atom. The first-order valence-corrected chi connectivity index (χ1v) is 16.6. The van der Waals surface area contributed by atoms with Crippen molar-refractivity contribution in [3.8, 4) is 39.8 Å². The van der Waals surface area contributed by atoms with Gasteiger partial charge in [0.1, 0.15) is 0 Å². The molecule has 0 saturated heterocycles. The molecule has 57 heavy (non-hydrogen) atoms. The molecular weight excluding hydrogens is 699 g/mol. The molecule has 12 rings (SSSR count). The number of aromatic nitrogens is 7. The highest BCUT2D eigenvalue weighted by atomic mass is 15.2. The predicted molar refractivity (Wildman–Crippen MR) is 232 cm³/mol. The summed E-state index contributed by atoms with van der Waals surface area (Å²) in [7, 11) is 0. The van der Waals surface area contributed by atoms with Crippen LogP contribution in [0.2, 0.25) is 0 Å². The van der Waals surface area contributed by atoms with Gasteiger partial charge in [-0.2, -0.15) is 0 Å². The number of benzene rings is 6. The third-order valence-electron chi connectivity index (χ3n) is 9.10. The van der Waals surface area contributed by atoms with E-state index in [1.807, 2.05) is 0 Å². The average Bonchev–Trinajstić information content (AvgIpc) is 1.48. The van der Waals surface area contributed by atoms with Crippen molar-refractivity contribution in [2.45, 2.75) is 0 Å². The highest BCUT2D eigenvalue weighted by Gasteiger charge is 2.25. The molecule has 0 bridgehead atoms. The van der Waals surface area contributed by atoms with Gasteiger partial charge in [-0.15, -0.1) is 0 Å². The van der Waals surface area contributed by atoms with Gasteiger partial charge in [-0.05, 0) is 60.4 Å². The molecule has 0 aliphatic carbocycles. The predicted octanol–water partition coefficient (Wildman–Crippen LogP) is 11.9. The molecule has 0 radical (unpaired) electrons. The molecule has 0 N–H and O–H groups in total. The lowest BCUT2D eigenvalue weighted by Gasteiger charge is -2.21. The fraction of sp³-hybridized carbons (Fsp3) is 0. The Morgan fingerprint density at radius 2 is 0.877 bits per heavy atom. The largest absolute Gasteiger partial charge is 0.305 e. The van der Waals surface area contributed by atoms with Crippen LogP contribution in [0, 0.1) is 0 Å². The van der Waals surface area contributed by atoms with Gasteiger partial charge in [0, 0.05) is 45.0 Å². The summed E-state index contributed by atoms with van der Waals surface area (Å²) in [5.74, 6) is -1.05. The molecule has 7 nitrogen and oxygen atoms in total. The van der Waals surface area contributed by atoms with E-state index in [0.717, 1.165) is 0 Å². The summed E-state index contributed by atoms with van der Waals surface area (Å²) in [5.41, 5.74) is -11.9. The molecular formula is C50H31N7. The number of rotatable bonds is 5. The Balaban J connectivity index is 1.46. The molecule has 0 aliphatic heterocycles. The maximum Gasteiger partial charge on any atom is 0.235 e. The first-order valence-electron chi connectivity index (χ1n) is 32.1. The van der Waals surface area contributed by atoms with E-state index in [4.69, 9.17) is 23.3 Å². The second-order valence-electron chi connectivity index (χ2n) is 12.0. The Labute approximate surface area is 369 Å². The second-order valence-corrected chi connectivity index (χ2v) is 12.0. The van der Waals surface area contributed by atoms with Gasteiger partial charge in [0.2, 0.25) is 5.95 Å². The SMILES string of the molecule is [2H]c1nc2c3c([2H])c([2H])c([2H])c([2H])c3n(-c3c([2H])c([2H])c([2H])c(-c4nc(-n5c6c([2H])c([2H])c([2H])c([2H])c6c6c([2H])c([2H])c([2H])c([2H])c65)nc(-c5c([2H])c([2H])c([2H])c([2H])c5[2H])c4[2H])c3-n3c4c([2H])c([2H])c([2H])nc4c4c([2H])c([2H])c([2H])c([2H])c43)c2c([2H])c1[2H]. The van der Waals surface area contributed by atoms with Gasteiger partial charge < -0.3 is 9.13 Å². The number of para-hydroxylation sites is 5. The Kier molecular flexibility index (Phi) is 2.96. The van der Waals surface area contributed by atoms with Gasteiger partial charge in [0.05, 0.1) is 109 Å². The van der Waals surface area contributed by atoms with Crippen LogP contribution in [0.1, 0.15) is 42.5 Å². The van der Waals surface area contributed by atoms with Crippen molar-refractivity contribution in [3.05, 3.63) is 188 Å². The van der Waals surface area contributed by atoms with Gasteiger partial charge in [0.15, 0.2) is 0 Å². The van der Waals surface area contributed by atoms with Gasteiger partial charge >= 0.3 is 0 Å². The smallest absolute Gasteiger partial charge is 0.235 e. The van der Waals surface area contributed by atoms with E-state index in [2.05, 4.69) is 19.9 Å². The minimum atomic E-state index is -1.25. The lowest BCUT2D eigenvalue weighted by atomic mass is 10.0. The highest BCUT2D eigenvalue weighted by Crippen LogP contribution is 2.42. The molecule has 0 spiro atoms. The molecule has 0 saturated carbocycles. The quantitative estimate of drug-likeness (QED) is 0.175. The van der Waals surface area contributed by atoms with Crippen LogP contribution in [0.4, 0.5) is 0 Å². The van der Waals surface area contributed by atoms with Crippen LogP contribution < -0.4 is 0 Å². The third-order valence-corrected chi connectivity index (χ3v) is 9.10. The number of fused-ring (bicyclic) bond motifs is 9. The number of hydrogen-bond donors (Lipinski definition) is 0. The van der Waals surface area contributed by atoms with Crippen molar-refractivity contribution in [1.29, 1.82) is 0 Å². The van der Waals surface area contributed by atoms with Gasteiger partial charge in [-0.25, -0.2) is 9.97 Å². The summed E-state index contributed by atoms with van der Waals surface area (Å²) in [6.07, 6.45) is -1.85. The van der Waals surface area contributed by atoms with E-state index < -0.39 is 293 Å². The Bertz CT molecular complexity index is 5250. The van der Waals surface area contributed by atoms with E-state index >= 15 is 0 Å². The normalized spacial score (nSPS) is 19.5. The van der Waals surface area contributed by atoms with Crippen molar-refractivity contribution in [3.63, 3.8) is 0 Å². The molecule has 7 heteroatoms. The van der Waals surface area contributed by atoms with Crippen molar-refractivity contribution in [1.82, 2.24) is 33.6 Å². The summed E-state index contributed by atoms with van der Waals surface area (Å²) in [5, 5.41) is -2.38. The molecule has 0 atom stereocenters. The maximum atomic E-state index is 10.2. The fourth-order valence-electron chi connectivity index (χ4n) is 6.86. The monoisotopic (exact) mass is 760 g/mol. The minimum Gasteiger partial charge on any atom is -0.305 e. The number of hydrogen-bond acceptors (Lipinski definition) is 4. The van der Waals surface area contributed by atoms with Crippen molar-refractivity contribution >= 4 is 65.7 Å². The first-order chi connectivity index (χ1) is 41.2. The summed E-state index contributed by atoms with van der Waals surface area (Å²) in [6.45, 7) is 0. The summed E-state index contributed by atoms with van der Waals surface area (Å²) >= 11 is 0. The van der Waals surface area contributed by atoms with Crippen LogP contribution in [-0.2, 0) is 0 Å². The Hall–Kier alpha value is -7.90. The van der Waals surface area contributed by atoms with Crippen molar-refractivity contribution < 1.29 is 42.5 Å². The van der Waals surface area contributed by atoms with E-state index in [-0.39, 0.29) is 0 Å². The fourth-order valence-corrected chi connectivity index (χ4v) is 6.86. The number of pyridine rings is 2. The van der Waals surface area contributed by atoms with Gasteiger partial charge in [0.25, 0.3) is 0 Å². The van der Waals surface area contributed by atoms with Crippen LogP contribution in [0.25, 0.3) is 106 Å². The van der Waals surface area contributed by atoms with E-state index in [1.165, 1.54) is 0 Å². The highest BCUT2D eigenvalue weighted by molar-refractivity contribution is 6.11. The van der Waals surface area contributed by atoms with Crippen LogP contribution in [0.15, 0.2) is 188 Å². The molecule has 6 aromatic heterocycles. The molecule has 266 valence electrons. The first kappa shape index (κ1) is 13.7. The molecule has 12 aromatic rings. The number of nitrogens with zero attached hydrogens (tertiary/aromatic N) is 7. The second kappa shape index (κ2) is 12.3. The summed E-state index contributed by atoms with van der Waals surface area (Å²) < 4.78 is 285. The molecule has 0 fully saturated rings. The summed E-state index contributed by atoms with van der Waals surface area (Å²) in [4.78, 5) is 17.5. The topological polar surface area (TPSA) is 66.3 Å². The standard InChI is InChI=1S/C50H31N7/c1-2-15-32(16-3-1)38-31-39(54-50(53-38)57-40-22-8-4-17-33(40)34-18-5-9-23-41(34)57)35-21-12-26-46(55-42-24-10-6-19-36(42)47-44(55)27-13-29-51-47)49(35)56-43-25-11-7-20-37(43)48-45(56)28-14-30-52-48/h1-31H/i1D,2D,3D,4D,5D,6D,7D,8D,9D,10D,11D,12D,13D,14D,15D,16D,17D,18D,19D,20D,21D,22D,23D,24D,25D,26D,27D,28D,29D,30D,31D. The maximum absolute atomic E-state index is 10.2. The zero-order valence-electron chi connectivity index (χ0n) is 59.1. The van der Waals surface area contributed by atoms with Crippen molar-refractivity contribution in [2.24, 2.45) is 0 Å². The lowest BCUT2D eigenvalue weighted by molar-refractivity contribution is 0.993. The third kappa shape index (κ3) is 4.66. The minimum absolute atomic E-state index is 0.580. The van der Waals surface area contributed by atoms with Gasteiger partial charge in [-0.1, -0.05) is 115 Å². The zero-order valence-corrected chi connectivity index (χ0v) is 28.1. The van der Waals surface area contributed by atoms with E-state index in [9.17, 15) is 19.2 Å². The van der Waals surface area contributed by atoms with Gasteiger partial charge in [-0.3, -0.25) is 14.5 Å². The van der Waals surface area contributed by atoms with Crippen LogP contribution in [0.5, 0.6) is 0 Å². The van der Waals surface area contributed by atoms with Crippen LogP contribution >= 0.6 is 0 Å². The average molecular weight is 761 g/mol. The van der Waals surface area contributed by atoms with Crippen LogP contribution in [-0.4, -0.2) is 33.6 Å². The molecule has 0 aliphatic rings. The molecule has 6 heterocycles. The zero-order chi connectivity index (χ0) is 64.4. The van der Waals surface area contributed by atoms with Crippen molar-refractivity contribution in [2.75, 3.05) is 0 Å². The Morgan fingerprint density at radius 3 is 1.51 bits per heavy atom. The van der Waals surface area contributed by atoms with Crippen LogP contribution in [0.3, 0.4) is 0 Å².